The van der Waals surface area contributed by atoms with Crippen molar-refractivity contribution in [2.24, 2.45) is 0 Å². The number of aliphatic carboxylic acids is 1. The minimum Gasteiger partial charge on any atom is -0.490 e. The molecule has 1 heterocycles. The molecule has 0 aromatic heterocycles. The normalized spacial score (nSPS) is 15.8. The van der Waals surface area contributed by atoms with E-state index in [-0.39, 0.29) is 6.10 Å². The predicted octanol–water partition coefficient (Wildman–Crippen LogP) is 2.80. The first-order valence-corrected chi connectivity index (χ1v) is 8.56. The van der Waals surface area contributed by atoms with Gasteiger partial charge in [-0.05, 0) is 29.8 Å². The van der Waals surface area contributed by atoms with Crippen molar-refractivity contribution in [2.75, 3.05) is 13.2 Å². The summed E-state index contributed by atoms with van der Waals surface area (Å²) in [7, 11) is 0. The van der Waals surface area contributed by atoms with Gasteiger partial charge in [-0.3, -0.25) is 4.79 Å². The molecule has 0 saturated carbocycles. The number of ether oxygens (including phenoxy) is 2. The molecule has 1 unspecified atom stereocenters. The van der Waals surface area contributed by atoms with Crippen LogP contribution in [0.15, 0.2) is 54.6 Å². The number of carbonyl (C=O) groups excluding carboxylic acids is 1. The largest absolute Gasteiger partial charge is 0.490 e. The Kier molecular flexibility index (Phi) is 5.86. The zero-order valence-electron chi connectivity index (χ0n) is 14.3. The van der Waals surface area contributed by atoms with Crippen LogP contribution in [0.1, 0.15) is 34.8 Å². The molecule has 0 radical (unpaired) electrons. The number of carboxylic acids is 1. The van der Waals surface area contributed by atoms with Gasteiger partial charge in [0, 0.05) is 18.4 Å². The average Bonchev–Trinajstić information content (AvgIpc) is 2.68. The number of carbonyl (C=O) groups is 2. The van der Waals surface area contributed by atoms with Crippen LogP contribution in [0.4, 0.5) is 0 Å². The molecule has 1 aliphatic heterocycles. The molecule has 6 heteroatoms. The summed E-state index contributed by atoms with van der Waals surface area (Å²) in [5.41, 5.74) is 0.902. The van der Waals surface area contributed by atoms with Gasteiger partial charge in [-0.15, -0.1) is 0 Å². The van der Waals surface area contributed by atoms with Crippen LogP contribution in [0.2, 0.25) is 0 Å². The first-order valence-electron chi connectivity index (χ1n) is 8.56. The number of amides is 1. The third kappa shape index (κ3) is 4.61. The molecule has 26 heavy (non-hydrogen) atoms. The molecule has 2 aromatic rings. The molecule has 1 atom stereocenters. The van der Waals surface area contributed by atoms with E-state index in [1.807, 2.05) is 0 Å². The SMILES string of the molecule is O=C(NC(C(=O)O)c1ccccc1)c1ccc(OC2CCOCC2)cc1. The number of hydrogen-bond acceptors (Lipinski definition) is 4. The van der Waals surface area contributed by atoms with Gasteiger partial charge < -0.3 is 19.9 Å². The Labute approximate surface area is 151 Å². The highest BCUT2D eigenvalue weighted by molar-refractivity contribution is 5.96. The topological polar surface area (TPSA) is 84.9 Å². The van der Waals surface area contributed by atoms with Gasteiger partial charge in [-0.25, -0.2) is 4.79 Å². The lowest BCUT2D eigenvalue weighted by Crippen LogP contribution is -2.33. The summed E-state index contributed by atoms with van der Waals surface area (Å²) in [5.74, 6) is -0.866. The zero-order valence-corrected chi connectivity index (χ0v) is 14.3. The Balaban J connectivity index is 1.64. The van der Waals surface area contributed by atoms with E-state index < -0.39 is 17.9 Å². The summed E-state index contributed by atoms with van der Waals surface area (Å²) in [6.45, 7) is 1.39. The predicted molar refractivity (Wildman–Crippen MR) is 95.2 cm³/mol. The summed E-state index contributed by atoms with van der Waals surface area (Å²) in [5, 5.41) is 12.0. The van der Waals surface area contributed by atoms with Crippen molar-refractivity contribution in [1.82, 2.24) is 5.32 Å². The molecule has 0 aliphatic carbocycles. The van der Waals surface area contributed by atoms with E-state index in [1.54, 1.807) is 54.6 Å². The first kappa shape index (κ1) is 17.9. The van der Waals surface area contributed by atoms with Crippen molar-refractivity contribution in [3.63, 3.8) is 0 Å². The fourth-order valence-electron chi connectivity index (χ4n) is 2.82. The Hall–Kier alpha value is -2.86. The van der Waals surface area contributed by atoms with Crippen LogP contribution in [0.5, 0.6) is 5.75 Å². The number of rotatable bonds is 6. The van der Waals surface area contributed by atoms with Gasteiger partial charge >= 0.3 is 5.97 Å². The molecule has 1 saturated heterocycles. The van der Waals surface area contributed by atoms with Gasteiger partial charge in [0.25, 0.3) is 5.91 Å². The van der Waals surface area contributed by atoms with Crippen LogP contribution >= 0.6 is 0 Å². The van der Waals surface area contributed by atoms with Crippen LogP contribution in [0.3, 0.4) is 0 Å². The van der Waals surface area contributed by atoms with E-state index in [0.717, 1.165) is 12.8 Å². The minimum absolute atomic E-state index is 0.123. The number of benzene rings is 2. The summed E-state index contributed by atoms with van der Waals surface area (Å²) in [6.07, 6.45) is 1.82. The van der Waals surface area contributed by atoms with Crippen LogP contribution in [-0.2, 0) is 9.53 Å². The zero-order chi connectivity index (χ0) is 18.4. The molecule has 3 rings (SSSR count). The average molecular weight is 355 g/mol. The van der Waals surface area contributed by atoms with Gasteiger partial charge in [0.1, 0.15) is 11.9 Å². The van der Waals surface area contributed by atoms with Crippen LogP contribution in [0, 0.1) is 0 Å². The highest BCUT2D eigenvalue weighted by Gasteiger charge is 2.22. The van der Waals surface area contributed by atoms with Gasteiger partial charge in [-0.1, -0.05) is 30.3 Å². The summed E-state index contributed by atoms with van der Waals surface area (Å²) < 4.78 is 11.2. The minimum atomic E-state index is -1.11. The van der Waals surface area contributed by atoms with Crippen molar-refractivity contribution in [2.45, 2.75) is 25.0 Å². The second-order valence-corrected chi connectivity index (χ2v) is 6.11. The van der Waals surface area contributed by atoms with E-state index in [9.17, 15) is 14.7 Å². The molecule has 6 nitrogen and oxygen atoms in total. The number of carboxylic acid groups (broad SMARTS) is 1. The Morgan fingerprint density at radius 3 is 2.31 bits per heavy atom. The van der Waals surface area contributed by atoms with Gasteiger partial charge in [-0.2, -0.15) is 0 Å². The number of nitrogens with one attached hydrogen (secondary N) is 1. The summed E-state index contributed by atoms with van der Waals surface area (Å²) in [6, 6.07) is 14.2. The fourth-order valence-corrected chi connectivity index (χ4v) is 2.82. The monoisotopic (exact) mass is 355 g/mol. The first-order chi connectivity index (χ1) is 12.6. The van der Waals surface area contributed by atoms with Crippen molar-refractivity contribution in [1.29, 1.82) is 0 Å². The summed E-state index contributed by atoms with van der Waals surface area (Å²) >= 11 is 0. The van der Waals surface area contributed by atoms with E-state index in [1.165, 1.54) is 0 Å². The Bertz CT molecular complexity index is 739. The molecule has 2 aromatic carbocycles. The maximum atomic E-state index is 12.4. The van der Waals surface area contributed by atoms with Gasteiger partial charge in [0.2, 0.25) is 0 Å². The molecule has 0 bridgehead atoms. The molecule has 0 spiro atoms. The van der Waals surface area contributed by atoms with Gasteiger partial charge in [0.05, 0.1) is 13.2 Å². The van der Waals surface area contributed by atoms with Crippen molar-refractivity contribution in [3.05, 3.63) is 65.7 Å². The van der Waals surface area contributed by atoms with Crippen LogP contribution in [-0.4, -0.2) is 36.3 Å². The van der Waals surface area contributed by atoms with E-state index in [4.69, 9.17) is 9.47 Å². The lowest BCUT2D eigenvalue weighted by atomic mass is 10.1. The summed E-state index contributed by atoms with van der Waals surface area (Å²) in [4.78, 5) is 23.9. The third-order valence-corrected chi connectivity index (χ3v) is 4.24. The number of hydrogen-bond donors (Lipinski definition) is 2. The molecule has 136 valence electrons. The molecule has 1 fully saturated rings. The smallest absolute Gasteiger partial charge is 0.330 e. The fraction of sp³-hybridized carbons (Fsp3) is 0.300. The standard InChI is InChI=1S/C20H21NO5/c22-19(21-18(20(23)24)14-4-2-1-3-5-14)15-6-8-16(9-7-15)26-17-10-12-25-13-11-17/h1-9,17-18H,10-13H2,(H,21,22)(H,23,24). The van der Waals surface area contributed by atoms with Crippen molar-refractivity contribution < 1.29 is 24.2 Å². The second-order valence-electron chi connectivity index (χ2n) is 6.11. The lowest BCUT2D eigenvalue weighted by Gasteiger charge is -2.23. The van der Waals surface area contributed by atoms with Crippen LogP contribution in [0.25, 0.3) is 0 Å². The molecular formula is C20H21NO5. The Morgan fingerprint density at radius 1 is 1.04 bits per heavy atom. The Morgan fingerprint density at radius 2 is 1.69 bits per heavy atom. The lowest BCUT2D eigenvalue weighted by molar-refractivity contribution is -0.139. The third-order valence-electron chi connectivity index (χ3n) is 4.24. The highest BCUT2D eigenvalue weighted by atomic mass is 16.5. The highest BCUT2D eigenvalue weighted by Crippen LogP contribution is 2.19. The van der Waals surface area contributed by atoms with E-state index in [0.29, 0.717) is 30.1 Å². The van der Waals surface area contributed by atoms with Crippen molar-refractivity contribution in [3.8, 4) is 5.75 Å². The maximum Gasteiger partial charge on any atom is 0.330 e. The molecule has 1 aliphatic rings. The van der Waals surface area contributed by atoms with Crippen LogP contribution < -0.4 is 10.1 Å². The van der Waals surface area contributed by atoms with Crippen molar-refractivity contribution >= 4 is 11.9 Å². The van der Waals surface area contributed by atoms with E-state index >= 15 is 0 Å². The van der Waals surface area contributed by atoms with E-state index in [2.05, 4.69) is 5.32 Å². The maximum absolute atomic E-state index is 12.4. The van der Waals surface area contributed by atoms with Gasteiger partial charge in [0.15, 0.2) is 6.04 Å². The molecule has 2 N–H and O–H groups in total. The molecular weight excluding hydrogens is 334 g/mol. The second kappa shape index (κ2) is 8.49. The molecule has 1 amide bonds. The quantitative estimate of drug-likeness (QED) is 0.832.